The van der Waals surface area contributed by atoms with Gasteiger partial charge in [-0.3, -0.25) is 0 Å². The van der Waals surface area contributed by atoms with Crippen molar-refractivity contribution in [1.82, 2.24) is 4.37 Å². The molecule has 0 fully saturated rings. The van der Waals surface area contributed by atoms with Crippen LogP contribution in [0.2, 0.25) is 0 Å². The lowest BCUT2D eigenvalue weighted by molar-refractivity contribution is 1.57. The predicted octanol–water partition coefficient (Wildman–Crippen LogP) is 4.82. The quantitative estimate of drug-likeness (QED) is 0.599. The molecule has 0 N–H and O–H groups in total. The Hall–Kier alpha value is -1.58. The normalized spacial score (nSPS) is 10.4. The molecule has 1 aromatic heterocycles. The Labute approximate surface area is 108 Å². The van der Waals surface area contributed by atoms with E-state index < -0.39 is 0 Å². The van der Waals surface area contributed by atoms with E-state index in [-0.39, 0.29) is 0 Å². The largest absolute Gasteiger partial charge is 0.310 e. The molecule has 0 radical (unpaired) electrons. The Morgan fingerprint density at radius 3 is 2.00 bits per heavy atom. The standard InChI is InChI=1S/C14H10NS2/c1-3-7-11(8-4-1)13-15-17-14(16-13)12-9-5-2-6-10-12/h1-10H/q+1. The van der Waals surface area contributed by atoms with Crippen LogP contribution in [-0.2, 0) is 0 Å². The molecule has 0 saturated heterocycles. The molecule has 82 valence electrons. The van der Waals surface area contributed by atoms with Crippen molar-refractivity contribution in [2.75, 3.05) is 0 Å². The van der Waals surface area contributed by atoms with Crippen molar-refractivity contribution in [2.24, 2.45) is 0 Å². The summed E-state index contributed by atoms with van der Waals surface area (Å²) in [5, 5.41) is 1.09. The highest BCUT2D eigenvalue weighted by atomic mass is 32.2. The van der Waals surface area contributed by atoms with E-state index in [1.807, 2.05) is 24.3 Å². The molecule has 0 bridgehead atoms. The average Bonchev–Trinajstić information content (AvgIpc) is 2.90. The zero-order chi connectivity index (χ0) is 11.5. The second kappa shape index (κ2) is 4.73. The lowest BCUT2D eigenvalue weighted by Crippen LogP contribution is -1.71. The van der Waals surface area contributed by atoms with E-state index in [1.54, 1.807) is 22.9 Å². The van der Waals surface area contributed by atoms with Gasteiger partial charge in [0.05, 0.1) is 5.56 Å². The Kier molecular flexibility index (Phi) is 2.94. The Morgan fingerprint density at radius 2 is 1.35 bits per heavy atom. The van der Waals surface area contributed by atoms with Crippen LogP contribution < -0.4 is 0 Å². The van der Waals surface area contributed by atoms with Gasteiger partial charge >= 0.3 is 4.19 Å². The second-order valence-corrected chi connectivity index (χ2v) is 5.64. The van der Waals surface area contributed by atoms with Crippen LogP contribution in [0.3, 0.4) is 0 Å². The predicted molar refractivity (Wildman–Crippen MR) is 75.3 cm³/mol. The molecule has 0 spiro atoms. The first kappa shape index (κ1) is 10.6. The molecule has 3 rings (SSSR count). The molecular weight excluding hydrogens is 246 g/mol. The molecule has 3 heteroatoms. The van der Waals surface area contributed by atoms with Crippen molar-refractivity contribution >= 4 is 22.9 Å². The number of aromatic nitrogens is 1. The first-order valence-electron chi connectivity index (χ1n) is 5.34. The van der Waals surface area contributed by atoms with Gasteiger partial charge < -0.3 is 0 Å². The van der Waals surface area contributed by atoms with Gasteiger partial charge in [-0.2, -0.15) is 0 Å². The van der Waals surface area contributed by atoms with Crippen molar-refractivity contribution in [3.05, 3.63) is 60.7 Å². The van der Waals surface area contributed by atoms with Gasteiger partial charge in [0.15, 0.2) is 0 Å². The monoisotopic (exact) mass is 256 g/mol. The van der Waals surface area contributed by atoms with Crippen molar-refractivity contribution in [3.8, 4) is 20.3 Å². The fourth-order valence-electron chi connectivity index (χ4n) is 1.59. The van der Waals surface area contributed by atoms with E-state index in [4.69, 9.17) is 0 Å². The van der Waals surface area contributed by atoms with E-state index in [1.165, 1.54) is 15.3 Å². The van der Waals surface area contributed by atoms with Crippen LogP contribution in [0.1, 0.15) is 0 Å². The maximum Gasteiger partial charge on any atom is 0.310 e. The lowest BCUT2D eigenvalue weighted by Gasteiger charge is -1.87. The fraction of sp³-hybridized carbons (Fsp3) is 0. The number of nitrogens with zero attached hydrogens (tertiary/aromatic N) is 1. The Morgan fingerprint density at radius 1 is 0.765 bits per heavy atom. The van der Waals surface area contributed by atoms with Crippen LogP contribution in [0.25, 0.3) is 20.3 Å². The lowest BCUT2D eigenvalue weighted by atomic mass is 10.2. The highest BCUT2D eigenvalue weighted by molar-refractivity contribution is 7.34. The molecule has 1 nitrogen and oxygen atoms in total. The highest BCUT2D eigenvalue weighted by Gasteiger charge is 2.18. The molecule has 3 aromatic rings. The van der Waals surface area contributed by atoms with Crippen molar-refractivity contribution < 1.29 is 0 Å². The summed E-state index contributed by atoms with van der Waals surface area (Å²) in [4.78, 5) is 0. The summed E-state index contributed by atoms with van der Waals surface area (Å²) in [5.74, 6) is 0. The zero-order valence-corrected chi connectivity index (χ0v) is 10.7. The van der Waals surface area contributed by atoms with E-state index >= 15 is 0 Å². The van der Waals surface area contributed by atoms with E-state index in [9.17, 15) is 0 Å². The average molecular weight is 256 g/mol. The van der Waals surface area contributed by atoms with Gasteiger partial charge in [-0.05, 0) is 28.6 Å². The summed E-state index contributed by atoms with van der Waals surface area (Å²) in [5.41, 5.74) is 2.44. The number of benzene rings is 2. The molecule has 0 saturated carbocycles. The summed E-state index contributed by atoms with van der Waals surface area (Å²) < 4.78 is 5.78. The van der Waals surface area contributed by atoms with Gasteiger partial charge in [0.2, 0.25) is 11.5 Å². The minimum atomic E-state index is 1.09. The number of hydrogen-bond donors (Lipinski definition) is 0. The van der Waals surface area contributed by atoms with Gasteiger partial charge in [-0.15, -0.1) is 0 Å². The summed E-state index contributed by atoms with van der Waals surface area (Å²) >= 11 is 3.31. The summed E-state index contributed by atoms with van der Waals surface area (Å²) in [6.45, 7) is 0. The van der Waals surface area contributed by atoms with Crippen molar-refractivity contribution in [3.63, 3.8) is 0 Å². The van der Waals surface area contributed by atoms with Gasteiger partial charge in [0.1, 0.15) is 11.3 Å². The fourth-order valence-corrected chi connectivity index (χ4v) is 3.54. The van der Waals surface area contributed by atoms with Crippen LogP contribution in [0.5, 0.6) is 0 Å². The van der Waals surface area contributed by atoms with Crippen LogP contribution in [0.4, 0.5) is 0 Å². The maximum atomic E-state index is 4.52. The minimum absolute atomic E-state index is 1.09. The Balaban J connectivity index is 1.99. The molecule has 0 aliphatic rings. The first-order chi connectivity index (χ1) is 8.43. The first-order valence-corrected chi connectivity index (χ1v) is 6.93. The number of rotatable bonds is 2. The summed E-state index contributed by atoms with van der Waals surface area (Å²) in [7, 11) is 0. The van der Waals surface area contributed by atoms with E-state index in [2.05, 4.69) is 40.8 Å². The highest BCUT2D eigenvalue weighted by Crippen LogP contribution is 2.35. The van der Waals surface area contributed by atoms with Gasteiger partial charge in [-0.1, -0.05) is 36.4 Å². The second-order valence-electron chi connectivity index (χ2n) is 3.61. The molecule has 2 aromatic carbocycles. The molecule has 17 heavy (non-hydrogen) atoms. The summed E-state index contributed by atoms with van der Waals surface area (Å²) in [6, 6.07) is 20.7. The molecule has 0 aliphatic heterocycles. The minimum Gasteiger partial charge on any atom is -0.0622 e. The van der Waals surface area contributed by atoms with Crippen LogP contribution >= 0.6 is 22.9 Å². The molecule has 1 heterocycles. The van der Waals surface area contributed by atoms with E-state index in [0.717, 1.165) is 5.01 Å². The van der Waals surface area contributed by atoms with Gasteiger partial charge in [0.25, 0.3) is 5.01 Å². The summed E-state index contributed by atoms with van der Waals surface area (Å²) in [6.07, 6.45) is 0. The van der Waals surface area contributed by atoms with Crippen molar-refractivity contribution in [1.29, 1.82) is 0 Å². The smallest absolute Gasteiger partial charge is 0.0622 e. The van der Waals surface area contributed by atoms with Gasteiger partial charge in [0, 0.05) is 5.56 Å². The third kappa shape index (κ3) is 2.25. The Bertz CT molecular complexity index is 548. The topological polar surface area (TPSA) is 12.9 Å². The molecular formula is C14H10NS2+. The van der Waals surface area contributed by atoms with E-state index in [0.29, 0.717) is 0 Å². The molecule has 0 unspecified atom stereocenters. The van der Waals surface area contributed by atoms with Crippen LogP contribution in [-0.4, -0.2) is 4.37 Å². The zero-order valence-electron chi connectivity index (χ0n) is 9.04. The number of hydrogen-bond acceptors (Lipinski definition) is 2. The van der Waals surface area contributed by atoms with Crippen LogP contribution in [0, 0.1) is 0 Å². The molecule has 0 aliphatic carbocycles. The third-order valence-corrected chi connectivity index (χ3v) is 4.64. The van der Waals surface area contributed by atoms with Crippen LogP contribution in [0.15, 0.2) is 60.7 Å². The maximum absolute atomic E-state index is 4.52. The third-order valence-electron chi connectivity index (χ3n) is 2.43. The molecule has 0 atom stereocenters. The van der Waals surface area contributed by atoms with Crippen molar-refractivity contribution in [2.45, 2.75) is 0 Å². The molecule has 0 amide bonds. The van der Waals surface area contributed by atoms with Gasteiger partial charge in [-0.25, -0.2) is 0 Å². The SMILES string of the molecule is c1ccc(-c2nsc(-c3ccccc3)[s+]2)cc1.